The summed E-state index contributed by atoms with van der Waals surface area (Å²) in [4.78, 5) is 0. The molecule has 0 unspecified atom stereocenters. The lowest BCUT2D eigenvalue weighted by Gasteiger charge is -2.29. The second-order valence-corrected chi connectivity index (χ2v) is 8.12. The fraction of sp³-hybridized carbons (Fsp3) is 0.583. The third kappa shape index (κ3) is 4.82. The van der Waals surface area contributed by atoms with Gasteiger partial charge in [0.15, 0.2) is 0 Å². The standard InChI is InChI=1S/C24H31F3O/c1-3-5-6-7-17-10-13-20-19(14-17)15-21(28-24(26)27)22(23(20)25)18-11-8-16(4-2)9-12-18/h10,13-16,18,24H,3-9,11-12H2,1-2H3. The van der Waals surface area contributed by atoms with Crippen molar-refractivity contribution in [3.8, 4) is 5.75 Å². The summed E-state index contributed by atoms with van der Waals surface area (Å²) in [6, 6.07) is 7.31. The summed E-state index contributed by atoms with van der Waals surface area (Å²) < 4.78 is 46.4. The van der Waals surface area contributed by atoms with E-state index in [2.05, 4.69) is 13.8 Å². The number of unbranched alkanes of at least 4 members (excludes halogenated alkanes) is 2. The Balaban J connectivity index is 1.97. The summed E-state index contributed by atoms with van der Waals surface area (Å²) in [5, 5.41) is 1.15. The summed E-state index contributed by atoms with van der Waals surface area (Å²) in [6.07, 6.45) is 9.08. The Kier molecular flexibility index (Phi) is 7.25. The van der Waals surface area contributed by atoms with E-state index in [1.165, 1.54) is 0 Å². The fourth-order valence-corrected chi connectivity index (χ4v) is 4.57. The van der Waals surface area contributed by atoms with Gasteiger partial charge in [-0.25, -0.2) is 4.39 Å². The number of rotatable bonds is 8. The van der Waals surface area contributed by atoms with Crippen LogP contribution in [0, 0.1) is 11.7 Å². The lowest BCUT2D eigenvalue weighted by Crippen LogP contribution is -2.16. The van der Waals surface area contributed by atoms with Crippen LogP contribution in [0.4, 0.5) is 13.2 Å². The van der Waals surface area contributed by atoms with E-state index >= 15 is 4.39 Å². The topological polar surface area (TPSA) is 9.23 Å². The monoisotopic (exact) mass is 392 g/mol. The molecule has 1 aliphatic rings. The van der Waals surface area contributed by atoms with Crippen LogP contribution < -0.4 is 4.74 Å². The van der Waals surface area contributed by atoms with Crippen molar-refractivity contribution in [2.45, 2.75) is 84.2 Å². The van der Waals surface area contributed by atoms with Crippen LogP contribution >= 0.6 is 0 Å². The van der Waals surface area contributed by atoms with Gasteiger partial charge in [0.25, 0.3) is 0 Å². The largest absolute Gasteiger partial charge is 0.434 e. The molecule has 28 heavy (non-hydrogen) atoms. The SMILES string of the molecule is CCCCCc1ccc2c(F)c(C3CCC(CC)CC3)c(OC(F)F)cc2c1. The van der Waals surface area contributed by atoms with Crippen LogP contribution in [0.2, 0.25) is 0 Å². The lowest BCUT2D eigenvalue weighted by atomic mass is 9.77. The first-order valence-corrected chi connectivity index (χ1v) is 10.7. The van der Waals surface area contributed by atoms with Crippen LogP contribution in [0.15, 0.2) is 24.3 Å². The average molecular weight is 393 g/mol. The quantitative estimate of drug-likeness (QED) is 0.414. The number of hydrogen-bond donors (Lipinski definition) is 0. The van der Waals surface area contributed by atoms with Gasteiger partial charge in [0.1, 0.15) is 11.6 Å². The maximum atomic E-state index is 15.5. The number of aryl methyl sites for hydroxylation is 1. The summed E-state index contributed by atoms with van der Waals surface area (Å²) >= 11 is 0. The Morgan fingerprint density at radius 1 is 1.04 bits per heavy atom. The molecule has 0 heterocycles. The number of ether oxygens (including phenoxy) is 1. The van der Waals surface area contributed by atoms with Crippen molar-refractivity contribution in [2.75, 3.05) is 0 Å². The van der Waals surface area contributed by atoms with Gasteiger partial charge < -0.3 is 4.74 Å². The molecule has 1 fully saturated rings. The van der Waals surface area contributed by atoms with Crippen LogP contribution in [0.25, 0.3) is 10.8 Å². The molecule has 0 bridgehead atoms. The van der Waals surface area contributed by atoms with Gasteiger partial charge in [0.2, 0.25) is 0 Å². The van der Waals surface area contributed by atoms with Crippen LogP contribution in [0.1, 0.15) is 82.3 Å². The first kappa shape index (κ1) is 21.0. The van der Waals surface area contributed by atoms with E-state index in [9.17, 15) is 8.78 Å². The Hall–Kier alpha value is -1.71. The third-order valence-corrected chi connectivity index (χ3v) is 6.26. The van der Waals surface area contributed by atoms with Gasteiger partial charge in [0, 0.05) is 10.9 Å². The number of alkyl halides is 2. The maximum Gasteiger partial charge on any atom is 0.387 e. The third-order valence-electron chi connectivity index (χ3n) is 6.26. The first-order chi connectivity index (χ1) is 13.5. The molecule has 0 radical (unpaired) electrons. The molecule has 1 aliphatic carbocycles. The molecule has 0 aliphatic heterocycles. The Labute approximate surface area is 166 Å². The second kappa shape index (κ2) is 9.67. The lowest BCUT2D eigenvalue weighted by molar-refractivity contribution is -0.0508. The van der Waals surface area contributed by atoms with E-state index in [4.69, 9.17) is 4.74 Å². The Morgan fingerprint density at radius 2 is 1.79 bits per heavy atom. The highest BCUT2D eigenvalue weighted by Crippen LogP contribution is 2.44. The van der Waals surface area contributed by atoms with Gasteiger partial charge in [-0.15, -0.1) is 0 Å². The molecule has 0 spiro atoms. The highest BCUT2D eigenvalue weighted by atomic mass is 19.3. The number of benzene rings is 2. The molecule has 154 valence electrons. The Morgan fingerprint density at radius 3 is 2.43 bits per heavy atom. The van der Waals surface area contributed by atoms with Crippen LogP contribution in [0.3, 0.4) is 0 Å². The minimum Gasteiger partial charge on any atom is -0.434 e. The zero-order chi connectivity index (χ0) is 20.1. The summed E-state index contributed by atoms with van der Waals surface area (Å²) in [5.41, 5.74) is 1.46. The van der Waals surface area contributed by atoms with Crippen molar-refractivity contribution in [1.82, 2.24) is 0 Å². The molecule has 3 rings (SSSR count). The molecule has 0 aromatic heterocycles. The van der Waals surface area contributed by atoms with Gasteiger partial charge in [0.05, 0.1) is 0 Å². The highest BCUT2D eigenvalue weighted by Gasteiger charge is 2.28. The van der Waals surface area contributed by atoms with E-state index in [1.54, 1.807) is 12.1 Å². The average Bonchev–Trinajstić information content (AvgIpc) is 2.68. The fourth-order valence-electron chi connectivity index (χ4n) is 4.57. The predicted molar refractivity (Wildman–Crippen MR) is 109 cm³/mol. The molecular formula is C24H31F3O. The van der Waals surface area contributed by atoms with Crippen LogP contribution in [-0.2, 0) is 6.42 Å². The van der Waals surface area contributed by atoms with Gasteiger partial charge in [-0.3, -0.25) is 0 Å². The van der Waals surface area contributed by atoms with E-state index in [0.717, 1.165) is 63.4 Å². The van der Waals surface area contributed by atoms with Gasteiger partial charge >= 0.3 is 6.61 Å². The zero-order valence-electron chi connectivity index (χ0n) is 16.9. The van der Waals surface area contributed by atoms with Gasteiger partial charge in [-0.2, -0.15) is 8.78 Å². The van der Waals surface area contributed by atoms with E-state index in [1.807, 2.05) is 12.1 Å². The van der Waals surface area contributed by atoms with Crippen molar-refractivity contribution >= 4 is 10.8 Å². The number of hydrogen-bond acceptors (Lipinski definition) is 1. The molecule has 0 amide bonds. The summed E-state index contributed by atoms with van der Waals surface area (Å²) in [7, 11) is 0. The van der Waals surface area contributed by atoms with Gasteiger partial charge in [-0.1, -0.05) is 51.3 Å². The molecular weight excluding hydrogens is 361 g/mol. The molecule has 0 N–H and O–H groups in total. The zero-order valence-corrected chi connectivity index (χ0v) is 16.9. The molecule has 2 aromatic rings. The first-order valence-electron chi connectivity index (χ1n) is 10.7. The molecule has 0 saturated heterocycles. The molecule has 0 atom stereocenters. The van der Waals surface area contributed by atoms with Crippen molar-refractivity contribution in [3.05, 3.63) is 41.2 Å². The normalized spacial score (nSPS) is 20.1. The predicted octanol–water partition coefficient (Wildman–Crippen LogP) is 8.00. The smallest absolute Gasteiger partial charge is 0.387 e. The van der Waals surface area contributed by atoms with Crippen molar-refractivity contribution in [2.24, 2.45) is 5.92 Å². The summed E-state index contributed by atoms with van der Waals surface area (Å²) in [6.45, 7) is 1.37. The van der Waals surface area contributed by atoms with Crippen molar-refractivity contribution in [1.29, 1.82) is 0 Å². The molecule has 2 aromatic carbocycles. The molecule has 4 heteroatoms. The van der Waals surface area contributed by atoms with E-state index in [0.29, 0.717) is 22.3 Å². The van der Waals surface area contributed by atoms with Crippen LogP contribution in [0.5, 0.6) is 5.75 Å². The number of fused-ring (bicyclic) bond motifs is 1. The Bertz CT molecular complexity index is 779. The summed E-state index contributed by atoms with van der Waals surface area (Å²) in [5.74, 6) is 0.244. The minimum absolute atomic E-state index is 0.0191. The van der Waals surface area contributed by atoms with E-state index in [-0.39, 0.29) is 17.5 Å². The maximum absolute atomic E-state index is 15.5. The van der Waals surface area contributed by atoms with Crippen molar-refractivity contribution in [3.63, 3.8) is 0 Å². The minimum atomic E-state index is -2.95. The van der Waals surface area contributed by atoms with Crippen LogP contribution in [-0.4, -0.2) is 6.61 Å². The van der Waals surface area contributed by atoms with E-state index < -0.39 is 6.61 Å². The second-order valence-electron chi connectivity index (χ2n) is 8.12. The highest BCUT2D eigenvalue weighted by molar-refractivity contribution is 5.86. The number of halogens is 3. The van der Waals surface area contributed by atoms with Gasteiger partial charge in [-0.05, 0) is 67.4 Å². The van der Waals surface area contributed by atoms with Crippen molar-refractivity contribution < 1.29 is 17.9 Å². The molecule has 1 saturated carbocycles. The molecule has 1 nitrogen and oxygen atoms in total.